The molecule has 1 aliphatic rings. The van der Waals surface area contributed by atoms with Crippen molar-refractivity contribution in [3.63, 3.8) is 0 Å². The van der Waals surface area contributed by atoms with Crippen LogP contribution in [0.2, 0.25) is 0 Å². The van der Waals surface area contributed by atoms with E-state index < -0.39 is 12.0 Å². The summed E-state index contributed by atoms with van der Waals surface area (Å²) in [7, 11) is 0. The zero-order valence-corrected chi connectivity index (χ0v) is 10.6. The Hall–Kier alpha value is -2.04. The number of rotatable bonds is 2. The van der Waals surface area contributed by atoms with E-state index in [1.807, 2.05) is 0 Å². The van der Waals surface area contributed by atoms with Gasteiger partial charge >= 0.3 is 5.97 Å². The lowest BCUT2D eigenvalue weighted by Gasteiger charge is -2.27. The molecule has 1 atom stereocenters. The Kier molecular flexibility index (Phi) is 4.04. The van der Waals surface area contributed by atoms with E-state index in [0.29, 0.717) is 18.5 Å². The Balaban J connectivity index is 2.26. The number of hydrogen-bond acceptors (Lipinski definition) is 3. The van der Waals surface area contributed by atoms with Crippen LogP contribution in [0.25, 0.3) is 0 Å². The number of aliphatic carboxylic acids is 1. The maximum absolute atomic E-state index is 12.4. The van der Waals surface area contributed by atoms with Gasteiger partial charge in [0.2, 0.25) is 0 Å². The number of phenolic OH excluding ortho intramolecular Hbond substituents is 1. The van der Waals surface area contributed by atoms with Crippen LogP contribution in [0.3, 0.4) is 0 Å². The average molecular weight is 263 g/mol. The predicted molar refractivity (Wildman–Crippen MR) is 69.0 cm³/mol. The number of carbonyl (C=O) groups is 2. The van der Waals surface area contributed by atoms with E-state index in [4.69, 9.17) is 0 Å². The minimum absolute atomic E-state index is 0.00699. The van der Waals surface area contributed by atoms with Crippen molar-refractivity contribution in [2.45, 2.75) is 31.7 Å². The molecule has 2 N–H and O–H groups in total. The molecule has 0 bridgehead atoms. The first-order valence-corrected chi connectivity index (χ1v) is 6.42. The summed E-state index contributed by atoms with van der Waals surface area (Å²) >= 11 is 0. The Bertz CT molecular complexity index is 486. The van der Waals surface area contributed by atoms with E-state index in [2.05, 4.69) is 0 Å². The summed E-state index contributed by atoms with van der Waals surface area (Å²) in [5.74, 6) is -1.28. The molecule has 19 heavy (non-hydrogen) atoms. The monoisotopic (exact) mass is 263 g/mol. The second-order valence-corrected chi connectivity index (χ2v) is 4.75. The van der Waals surface area contributed by atoms with Crippen molar-refractivity contribution in [1.82, 2.24) is 4.90 Å². The van der Waals surface area contributed by atoms with Gasteiger partial charge in [0.25, 0.3) is 5.91 Å². The number of carboxylic acids is 1. The van der Waals surface area contributed by atoms with Gasteiger partial charge in [-0.25, -0.2) is 4.79 Å². The summed E-state index contributed by atoms with van der Waals surface area (Å²) in [6.45, 7) is 0.450. The lowest BCUT2D eigenvalue weighted by Crippen LogP contribution is -2.44. The number of carboxylic acid groups (broad SMARTS) is 1. The van der Waals surface area contributed by atoms with Crippen molar-refractivity contribution >= 4 is 11.9 Å². The lowest BCUT2D eigenvalue weighted by atomic mass is 10.1. The molecule has 1 unspecified atom stereocenters. The fraction of sp³-hybridized carbons (Fsp3) is 0.429. The van der Waals surface area contributed by atoms with Gasteiger partial charge in [-0.2, -0.15) is 0 Å². The first-order chi connectivity index (χ1) is 9.09. The summed E-state index contributed by atoms with van der Waals surface area (Å²) in [6.07, 6.45) is 3.06. The first-order valence-electron chi connectivity index (χ1n) is 6.42. The molecule has 0 saturated carbocycles. The molecule has 1 aliphatic heterocycles. The molecule has 1 amide bonds. The third kappa shape index (κ3) is 3.05. The van der Waals surface area contributed by atoms with Gasteiger partial charge < -0.3 is 15.1 Å². The highest BCUT2D eigenvalue weighted by atomic mass is 16.4. The smallest absolute Gasteiger partial charge is 0.326 e. The highest BCUT2D eigenvalue weighted by Crippen LogP contribution is 2.21. The Labute approximate surface area is 111 Å². The molecule has 0 aromatic heterocycles. The van der Waals surface area contributed by atoms with Gasteiger partial charge in [-0.3, -0.25) is 4.79 Å². The van der Waals surface area contributed by atoms with E-state index >= 15 is 0 Å². The van der Waals surface area contributed by atoms with E-state index in [1.165, 1.54) is 17.0 Å². The molecule has 1 fully saturated rings. The standard InChI is InChI=1S/C14H17NO4/c16-11-6-4-5-10(9-11)13(17)15-8-3-1-2-7-12(15)14(18)19/h4-6,9,12,16H,1-3,7-8H2,(H,18,19). The van der Waals surface area contributed by atoms with Gasteiger partial charge in [0.05, 0.1) is 0 Å². The molecule has 5 nitrogen and oxygen atoms in total. The van der Waals surface area contributed by atoms with Crippen LogP contribution >= 0.6 is 0 Å². The van der Waals surface area contributed by atoms with Gasteiger partial charge in [-0.05, 0) is 31.0 Å². The number of nitrogens with zero attached hydrogens (tertiary/aromatic N) is 1. The van der Waals surface area contributed by atoms with Crippen LogP contribution < -0.4 is 0 Å². The van der Waals surface area contributed by atoms with E-state index in [0.717, 1.165) is 19.3 Å². The number of amides is 1. The molecule has 1 aromatic rings. The topological polar surface area (TPSA) is 77.8 Å². The summed E-state index contributed by atoms with van der Waals surface area (Å²) < 4.78 is 0. The van der Waals surface area contributed by atoms with Crippen LogP contribution in [-0.2, 0) is 4.79 Å². The van der Waals surface area contributed by atoms with E-state index in [-0.39, 0.29) is 11.7 Å². The van der Waals surface area contributed by atoms with Crippen LogP contribution in [0, 0.1) is 0 Å². The number of aromatic hydroxyl groups is 1. The maximum Gasteiger partial charge on any atom is 0.326 e. The normalized spacial score (nSPS) is 19.8. The third-order valence-corrected chi connectivity index (χ3v) is 3.39. The molecular formula is C14H17NO4. The highest BCUT2D eigenvalue weighted by Gasteiger charge is 2.31. The molecule has 1 heterocycles. The number of likely N-dealkylation sites (tertiary alicyclic amines) is 1. The quantitative estimate of drug-likeness (QED) is 0.853. The molecule has 1 aromatic carbocycles. The third-order valence-electron chi connectivity index (χ3n) is 3.39. The lowest BCUT2D eigenvalue weighted by molar-refractivity contribution is -0.142. The van der Waals surface area contributed by atoms with Crippen LogP contribution in [0.15, 0.2) is 24.3 Å². The molecule has 1 saturated heterocycles. The van der Waals surface area contributed by atoms with Crippen LogP contribution in [0.4, 0.5) is 0 Å². The SMILES string of the molecule is O=C(O)C1CCCCCN1C(=O)c1cccc(O)c1. The van der Waals surface area contributed by atoms with E-state index in [9.17, 15) is 19.8 Å². The van der Waals surface area contributed by atoms with Crippen molar-refractivity contribution in [3.05, 3.63) is 29.8 Å². The minimum atomic E-state index is -0.963. The number of carbonyl (C=O) groups excluding carboxylic acids is 1. The zero-order chi connectivity index (χ0) is 13.8. The number of hydrogen-bond donors (Lipinski definition) is 2. The van der Waals surface area contributed by atoms with Gasteiger partial charge in [-0.1, -0.05) is 18.9 Å². The summed E-state index contributed by atoms with van der Waals surface area (Å²) in [5.41, 5.74) is 0.327. The Morgan fingerprint density at radius 1 is 1.21 bits per heavy atom. The van der Waals surface area contributed by atoms with Gasteiger partial charge in [0.15, 0.2) is 0 Å². The molecule has 5 heteroatoms. The second kappa shape index (κ2) is 5.73. The Morgan fingerprint density at radius 3 is 2.68 bits per heavy atom. The fourth-order valence-electron chi connectivity index (χ4n) is 2.41. The molecule has 2 rings (SSSR count). The second-order valence-electron chi connectivity index (χ2n) is 4.75. The van der Waals surface area contributed by atoms with E-state index in [1.54, 1.807) is 12.1 Å². The molecule has 0 spiro atoms. The van der Waals surface area contributed by atoms with Crippen molar-refractivity contribution in [1.29, 1.82) is 0 Å². The van der Waals surface area contributed by atoms with Crippen LogP contribution in [-0.4, -0.2) is 39.6 Å². The zero-order valence-electron chi connectivity index (χ0n) is 10.6. The first kappa shape index (κ1) is 13.4. The highest BCUT2D eigenvalue weighted by molar-refractivity contribution is 5.97. The predicted octanol–water partition coefficient (Wildman–Crippen LogP) is 1.86. The average Bonchev–Trinajstić information content (AvgIpc) is 2.63. The fourth-order valence-corrected chi connectivity index (χ4v) is 2.41. The van der Waals surface area contributed by atoms with Crippen molar-refractivity contribution in [3.8, 4) is 5.75 Å². The number of benzene rings is 1. The number of phenols is 1. The summed E-state index contributed by atoms with van der Waals surface area (Å²) in [4.78, 5) is 25.1. The van der Waals surface area contributed by atoms with Crippen molar-refractivity contribution in [2.24, 2.45) is 0 Å². The van der Waals surface area contributed by atoms with Crippen LogP contribution in [0.1, 0.15) is 36.0 Å². The molecule has 102 valence electrons. The van der Waals surface area contributed by atoms with Crippen molar-refractivity contribution < 1.29 is 19.8 Å². The van der Waals surface area contributed by atoms with Gasteiger partial charge in [-0.15, -0.1) is 0 Å². The molecule has 0 radical (unpaired) electrons. The largest absolute Gasteiger partial charge is 0.508 e. The van der Waals surface area contributed by atoms with Gasteiger partial charge in [0, 0.05) is 12.1 Å². The molecular weight excluding hydrogens is 246 g/mol. The summed E-state index contributed by atoms with van der Waals surface area (Å²) in [6, 6.07) is 5.25. The minimum Gasteiger partial charge on any atom is -0.508 e. The Morgan fingerprint density at radius 2 is 2.00 bits per heavy atom. The van der Waals surface area contributed by atoms with Crippen LogP contribution in [0.5, 0.6) is 5.75 Å². The maximum atomic E-state index is 12.4. The molecule has 0 aliphatic carbocycles. The van der Waals surface area contributed by atoms with Crippen molar-refractivity contribution in [2.75, 3.05) is 6.54 Å². The van der Waals surface area contributed by atoms with Gasteiger partial charge in [0.1, 0.15) is 11.8 Å². The summed E-state index contributed by atoms with van der Waals surface area (Å²) in [5, 5.41) is 18.6.